The molecular weight excluding hydrogens is 463 g/mol. The Bertz CT molecular complexity index is 956. The summed E-state index contributed by atoms with van der Waals surface area (Å²) in [6.45, 7) is 5.53. The predicted octanol–water partition coefficient (Wildman–Crippen LogP) is 4.16. The molecule has 1 fully saturated rings. The van der Waals surface area contributed by atoms with Crippen LogP contribution in [0.3, 0.4) is 0 Å². The van der Waals surface area contributed by atoms with E-state index in [9.17, 15) is 18.0 Å². The van der Waals surface area contributed by atoms with Crippen LogP contribution >= 0.6 is 0 Å². The highest BCUT2D eigenvalue weighted by Gasteiger charge is 2.37. The summed E-state index contributed by atoms with van der Waals surface area (Å²) < 4.78 is 46.1. The van der Waals surface area contributed by atoms with Crippen molar-refractivity contribution in [2.24, 2.45) is 0 Å². The van der Waals surface area contributed by atoms with Gasteiger partial charge in [-0.25, -0.2) is 4.79 Å². The molecule has 11 heteroatoms. The summed E-state index contributed by atoms with van der Waals surface area (Å²) in [4.78, 5) is 17.0. The summed E-state index contributed by atoms with van der Waals surface area (Å²) in [5.74, 6) is 0.445. The van der Waals surface area contributed by atoms with Crippen molar-refractivity contribution in [3.05, 3.63) is 54.1 Å². The molecule has 0 aliphatic carbocycles. The summed E-state index contributed by atoms with van der Waals surface area (Å²) in [7, 11) is 3.57. The first-order valence-corrected chi connectivity index (χ1v) is 11.4. The minimum Gasteiger partial charge on any atom is -0.497 e. The van der Waals surface area contributed by atoms with Gasteiger partial charge >= 0.3 is 12.4 Å². The molecule has 1 saturated heterocycles. The molecule has 0 radical (unpaired) electrons. The SMILES string of the molecule is CCN1C(C)CC(NCc2ccc(OC)cc2)N(C)C1NC(=O)Nc1ccc(OC(F)(F)F)cc1. The lowest BCUT2D eigenvalue weighted by Gasteiger charge is -2.49. The van der Waals surface area contributed by atoms with E-state index in [2.05, 4.69) is 37.4 Å². The third-order valence-corrected chi connectivity index (χ3v) is 5.99. The van der Waals surface area contributed by atoms with Crippen molar-refractivity contribution >= 4 is 11.7 Å². The molecule has 3 atom stereocenters. The van der Waals surface area contributed by atoms with E-state index in [-0.39, 0.29) is 24.2 Å². The Kier molecular flexibility index (Phi) is 8.82. The molecular formula is C24H32F3N5O3. The second-order valence-electron chi connectivity index (χ2n) is 8.37. The number of anilines is 1. The quantitative estimate of drug-likeness (QED) is 0.511. The zero-order chi connectivity index (χ0) is 25.6. The third-order valence-electron chi connectivity index (χ3n) is 5.99. The minimum absolute atomic E-state index is 0.0130. The second kappa shape index (κ2) is 11.6. The highest BCUT2D eigenvalue weighted by Crippen LogP contribution is 2.25. The van der Waals surface area contributed by atoms with E-state index in [4.69, 9.17) is 4.74 Å². The smallest absolute Gasteiger partial charge is 0.497 e. The van der Waals surface area contributed by atoms with Crippen molar-refractivity contribution in [3.63, 3.8) is 0 Å². The van der Waals surface area contributed by atoms with Gasteiger partial charge in [0.05, 0.1) is 13.3 Å². The van der Waals surface area contributed by atoms with E-state index >= 15 is 0 Å². The standard InChI is InChI=1S/C24H32F3N5O3/c1-5-32-16(2)14-21(28-15-17-6-10-19(34-4)11-7-17)31(3)23(32)30-22(33)29-18-8-12-20(13-9-18)35-24(25,26)27/h6-13,16,21,23,28H,5,14-15H2,1-4H3,(H2,29,30,33). The molecule has 35 heavy (non-hydrogen) atoms. The van der Waals surface area contributed by atoms with Crippen molar-refractivity contribution < 1.29 is 27.4 Å². The van der Waals surface area contributed by atoms with Gasteiger partial charge < -0.3 is 20.1 Å². The van der Waals surface area contributed by atoms with Crippen molar-refractivity contribution in [3.8, 4) is 11.5 Å². The average Bonchev–Trinajstić information content (AvgIpc) is 2.81. The number of hydrogen-bond acceptors (Lipinski definition) is 6. The number of urea groups is 1. The molecule has 1 aliphatic heterocycles. The maximum Gasteiger partial charge on any atom is 0.573 e. The van der Waals surface area contributed by atoms with Gasteiger partial charge in [0, 0.05) is 18.3 Å². The molecule has 0 aromatic heterocycles. The Labute approximate surface area is 203 Å². The summed E-state index contributed by atoms with van der Waals surface area (Å²) in [6.07, 6.45) is -4.28. The number of benzene rings is 2. The molecule has 3 unspecified atom stereocenters. The molecule has 1 aliphatic rings. The van der Waals surface area contributed by atoms with Gasteiger partial charge in [-0.1, -0.05) is 19.1 Å². The van der Waals surface area contributed by atoms with Gasteiger partial charge in [-0.15, -0.1) is 13.2 Å². The van der Waals surface area contributed by atoms with Gasteiger partial charge in [0.15, 0.2) is 0 Å². The van der Waals surface area contributed by atoms with Crippen LogP contribution in [0, 0.1) is 0 Å². The highest BCUT2D eigenvalue weighted by atomic mass is 19.4. The first-order chi connectivity index (χ1) is 16.6. The van der Waals surface area contributed by atoms with E-state index < -0.39 is 12.4 Å². The average molecular weight is 496 g/mol. The molecule has 0 spiro atoms. The van der Waals surface area contributed by atoms with E-state index in [1.54, 1.807) is 7.11 Å². The predicted molar refractivity (Wildman–Crippen MR) is 127 cm³/mol. The molecule has 1 heterocycles. The van der Waals surface area contributed by atoms with E-state index in [0.29, 0.717) is 12.2 Å². The Morgan fingerprint density at radius 3 is 2.29 bits per heavy atom. The number of alkyl halides is 3. The van der Waals surface area contributed by atoms with Crippen molar-refractivity contribution in [1.29, 1.82) is 0 Å². The molecule has 0 bridgehead atoms. The number of carbonyl (C=O) groups excluding carboxylic acids is 1. The summed E-state index contributed by atoms with van der Waals surface area (Å²) >= 11 is 0. The van der Waals surface area contributed by atoms with Gasteiger partial charge in [-0.2, -0.15) is 0 Å². The zero-order valence-electron chi connectivity index (χ0n) is 20.2. The van der Waals surface area contributed by atoms with Crippen LogP contribution in [-0.4, -0.2) is 61.4 Å². The van der Waals surface area contributed by atoms with Crippen LogP contribution in [0.5, 0.6) is 11.5 Å². The van der Waals surface area contributed by atoms with Crippen LogP contribution in [0.15, 0.2) is 48.5 Å². The molecule has 8 nitrogen and oxygen atoms in total. The number of nitrogens with zero attached hydrogens (tertiary/aromatic N) is 2. The lowest BCUT2D eigenvalue weighted by molar-refractivity contribution is -0.274. The Morgan fingerprint density at radius 1 is 1.09 bits per heavy atom. The normalized spacial score (nSPS) is 21.4. The number of ether oxygens (including phenoxy) is 2. The van der Waals surface area contributed by atoms with Crippen LogP contribution in [0.4, 0.5) is 23.7 Å². The fourth-order valence-corrected chi connectivity index (χ4v) is 4.17. The second-order valence-corrected chi connectivity index (χ2v) is 8.37. The lowest BCUT2D eigenvalue weighted by Crippen LogP contribution is -2.69. The van der Waals surface area contributed by atoms with Crippen molar-refractivity contribution in [2.75, 3.05) is 26.0 Å². The summed E-state index contributed by atoms with van der Waals surface area (Å²) in [5, 5.41) is 9.21. The maximum atomic E-state index is 12.7. The monoisotopic (exact) mass is 495 g/mol. The van der Waals surface area contributed by atoms with Gasteiger partial charge in [0.1, 0.15) is 17.8 Å². The van der Waals surface area contributed by atoms with Gasteiger partial charge in [-0.05, 0) is 68.9 Å². The van der Waals surface area contributed by atoms with Crippen molar-refractivity contribution in [2.45, 2.75) is 51.7 Å². The topological polar surface area (TPSA) is 78.1 Å². The summed E-state index contributed by atoms with van der Waals surface area (Å²) in [5.41, 5.74) is 1.46. The molecule has 2 aromatic rings. The summed E-state index contributed by atoms with van der Waals surface area (Å²) in [6, 6.07) is 12.6. The van der Waals surface area contributed by atoms with Crippen LogP contribution in [0.1, 0.15) is 25.8 Å². The fraction of sp³-hybridized carbons (Fsp3) is 0.458. The zero-order valence-corrected chi connectivity index (χ0v) is 20.2. The number of rotatable bonds is 8. The number of carbonyl (C=O) groups is 1. The Morgan fingerprint density at radius 2 is 1.71 bits per heavy atom. The number of methoxy groups -OCH3 is 1. The van der Waals surface area contributed by atoms with Gasteiger partial charge in [0.2, 0.25) is 0 Å². The van der Waals surface area contributed by atoms with Crippen LogP contribution in [-0.2, 0) is 6.54 Å². The van der Waals surface area contributed by atoms with Crippen LogP contribution in [0.25, 0.3) is 0 Å². The Hall–Kier alpha value is -3.02. The molecule has 2 amide bonds. The Balaban J connectivity index is 1.61. The molecule has 3 rings (SSSR count). The largest absolute Gasteiger partial charge is 0.573 e. The van der Waals surface area contributed by atoms with E-state index in [0.717, 1.165) is 36.4 Å². The maximum absolute atomic E-state index is 12.7. The van der Waals surface area contributed by atoms with Gasteiger partial charge in [0.25, 0.3) is 0 Å². The first kappa shape index (κ1) is 26.6. The number of hydrogen-bond donors (Lipinski definition) is 3. The molecule has 192 valence electrons. The lowest BCUT2D eigenvalue weighted by atomic mass is 10.1. The first-order valence-electron chi connectivity index (χ1n) is 11.4. The third kappa shape index (κ3) is 7.48. The highest BCUT2D eigenvalue weighted by molar-refractivity contribution is 5.89. The fourth-order valence-electron chi connectivity index (χ4n) is 4.17. The molecule has 3 N–H and O–H groups in total. The van der Waals surface area contributed by atoms with E-state index in [1.165, 1.54) is 12.1 Å². The van der Waals surface area contributed by atoms with Crippen molar-refractivity contribution in [1.82, 2.24) is 20.4 Å². The molecule has 2 aromatic carbocycles. The molecule has 0 saturated carbocycles. The number of amides is 2. The van der Waals surface area contributed by atoms with Crippen LogP contribution < -0.4 is 25.4 Å². The van der Waals surface area contributed by atoms with E-state index in [1.807, 2.05) is 38.2 Å². The van der Waals surface area contributed by atoms with Crippen LogP contribution in [0.2, 0.25) is 0 Å². The minimum atomic E-state index is -4.77. The van der Waals surface area contributed by atoms with Gasteiger partial charge in [-0.3, -0.25) is 15.1 Å². The number of halogens is 3. The number of nitrogens with one attached hydrogen (secondary N) is 3.